The van der Waals surface area contributed by atoms with E-state index < -0.39 is 11.8 Å². The standard InChI is InChI=1S/C15H16N4O3/c1-11(20)18-5-7-19(8-6-18)15(22)14(21)17-13-4-2-3-12(9-13)10-16/h2-4,9H,5-8H2,1H3,(H,17,21). The smallest absolute Gasteiger partial charge is 0.313 e. The molecule has 7 heteroatoms. The second kappa shape index (κ2) is 6.72. The maximum atomic E-state index is 12.1. The van der Waals surface area contributed by atoms with Crippen molar-refractivity contribution in [1.82, 2.24) is 9.80 Å². The predicted octanol–water partition coefficient (Wildman–Crippen LogP) is 0.187. The zero-order valence-electron chi connectivity index (χ0n) is 12.2. The van der Waals surface area contributed by atoms with Gasteiger partial charge in [0.2, 0.25) is 5.91 Å². The van der Waals surface area contributed by atoms with Crippen LogP contribution in [0.15, 0.2) is 24.3 Å². The Kier molecular flexibility index (Phi) is 4.73. The Labute approximate surface area is 128 Å². The highest BCUT2D eigenvalue weighted by atomic mass is 16.2. The van der Waals surface area contributed by atoms with Crippen molar-refractivity contribution in [2.75, 3.05) is 31.5 Å². The molecule has 1 aliphatic rings. The van der Waals surface area contributed by atoms with Crippen LogP contribution in [-0.2, 0) is 14.4 Å². The predicted molar refractivity (Wildman–Crippen MR) is 78.6 cm³/mol. The quantitative estimate of drug-likeness (QED) is 0.749. The van der Waals surface area contributed by atoms with E-state index in [0.29, 0.717) is 37.4 Å². The SMILES string of the molecule is CC(=O)N1CCN(C(=O)C(=O)Nc2cccc(C#N)c2)CC1. The number of nitrogens with one attached hydrogen (secondary N) is 1. The highest BCUT2D eigenvalue weighted by molar-refractivity contribution is 6.39. The molecular formula is C15H16N4O3. The molecule has 1 aliphatic heterocycles. The van der Waals surface area contributed by atoms with Gasteiger partial charge in [-0.1, -0.05) is 6.07 Å². The van der Waals surface area contributed by atoms with Crippen LogP contribution in [0.5, 0.6) is 0 Å². The molecule has 1 heterocycles. The fourth-order valence-corrected chi connectivity index (χ4v) is 2.22. The molecule has 1 aromatic carbocycles. The molecule has 0 aromatic heterocycles. The van der Waals surface area contributed by atoms with Crippen LogP contribution in [0.4, 0.5) is 5.69 Å². The summed E-state index contributed by atoms with van der Waals surface area (Å²) in [6.45, 7) is 3.01. The molecule has 3 amide bonds. The minimum absolute atomic E-state index is 0.0372. The third kappa shape index (κ3) is 3.61. The fraction of sp³-hybridized carbons (Fsp3) is 0.333. The summed E-state index contributed by atoms with van der Waals surface area (Å²) >= 11 is 0. The second-order valence-electron chi connectivity index (χ2n) is 4.94. The Balaban J connectivity index is 1.94. The van der Waals surface area contributed by atoms with Gasteiger partial charge in [-0.3, -0.25) is 14.4 Å². The Morgan fingerprint density at radius 1 is 1.14 bits per heavy atom. The van der Waals surface area contributed by atoms with E-state index in [-0.39, 0.29) is 5.91 Å². The second-order valence-corrected chi connectivity index (χ2v) is 4.94. The lowest BCUT2D eigenvalue weighted by atomic mass is 10.2. The number of anilines is 1. The van der Waals surface area contributed by atoms with Gasteiger partial charge in [-0.05, 0) is 18.2 Å². The first-order valence-corrected chi connectivity index (χ1v) is 6.87. The van der Waals surface area contributed by atoms with Gasteiger partial charge in [-0.2, -0.15) is 5.26 Å². The van der Waals surface area contributed by atoms with Gasteiger partial charge < -0.3 is 15.1 Å². The summed E-state index contributed by atoms with van der Waals surface area (Å²) in [5.74, 6) is -1.42. The van der Waals surface area contributed by atoms with Crippen LogP contribution in [0.3, 0.4) is 0 Å². The molecule has 22 heavy (non-hydrogen) atoms. The molecule has 0 atom stereocenters. The van der Waals surface area contributed by atoms with Crippen molar-refractivity contribution in [3.8, 4) is 6.07 Å². The van der Waals surface area contributed by atoms with E-state index in [2.05, 4.69) is 5.32 Å². The van der Waals surface area contributed by atoms with Crippen LogP contribution in [0.1, 0.15) is 12.5 Å². The van der Waals surface area contributed by atoms with Crippen molar-refractivity contribution in [3.63, 3.8) is 0 Å². The molecule has 0 spiro atoms. The summed E-state index contributed by atoms with van der Waals surface area (Å²) in [7, 11) is 0. The largest absolute Gasteiger partial charge is 0.339 e. The van der Waals surface area contributed by atoms with Crippen molar-refractivity contribution in [3.05, 3.63) is 29.8 Å². The molecule has 1 N–H and O–H groups in total. The summed E-state index contributed by atoms with van der Waals surface area (Å²) in [6.07, 6.45) is 0. The van der Waals surface area contributed by atoms with E-state index in [1.807, 2.05) is 6.07 Å². The monoisotopic (exact) mass is 300 g/mol. The molecule has 0 bridgehead atoms. The highest BCUT2D eigenvalue weighted by Gasteiger charge is 2.26. The van der Waals surface area contributed by atoms with E-state index >= 15 is 0 Å². The number of rotatable bonds is 1. The summed E-state index contributed by atoms with van der Waals surface area (Å²) in [6, 6.07) is 8.31. The molecule has 0 unspecified atom stereocenters. The molecule has 2 rings (SSSR count). The van der Waals surface area contributed by atoms with Gasteiger partial charge in [0, 0.05) is 38.8 Å². The van der Waals surface area contributed by atoms with E-state index in [0.717, 1.165) is 0 Å². The maximum absolute atomic E-state index is 12.1. The average molecular weight is 300 g/mol. The summed E-state index contributed by atoms with van der Waals surface area (Å²) in [5.41, 5.74) is 0.806. The molecular weight excluding hydrogens is 284 g/mol. The lowest BCUT2D eigenvalue weighted by molar-refractivity contribution is -0.145. The van der Waals surface area contributed by atoms with E-state index in [1.54, 1.807) is 23.1 Å². The topological polar surface area (TPSA) is 93.5 Å². The molecule has 0 radical (unpaired) electrons. The molecule has 1 aromatic rings. The number of nitrogens with zero attached hydrogens (tertiary/aromatic N) is 3. The molecule has 1 saturated heterocycles. The van der Waals surface area contributed by atoms with Crippen LogP contribution in [0.25, 0.3) is 0 Å². The van der Waals surface area contributed by atoms with E-state index in [9.17, 15) is 14.4 Å². The first-order chi connectivity index (χ1) is 10.5. The molecule has 114 valence electrons. The minimum Gasteiger partial charge on any atom is -0.339 e. The number of hydrogen-bond acceptors (Lipinski definition) is 4. The molecule has 7 nitrogen and oxygen atoms in total. The number of piperazine rings is 1. The van der Waals surface area contributed by atoms with E-state index in [4.69, 9.17) is 5.26 Å². The van der Waals surface area contributed by atoms with Crippen LogP contribution < -0.4 is 5.32 Å². The number of amides is 3. The molecule has 0 saturated carbocycles. The Morgan fingerprint density at radius 2 is 1.77 bits per heavy atom. The Hall–Kier alpha value is -2.88. The van der Waals surface area contributed by atoms with E-state index in [1.165, 1.54) is 17.9 Å². The Bertz CT molecular complexity index is 642. The van der Waals surface area contributed by atoms with Crippen molar-refractivity contribution >= 4 is 23.4 Å². The third-order valence-electron chi connectivity index (χ3n) is 3.46. The van der Waals surface area contributed by atoms with Gasteiger partial charge in [0.15, 0.2) is 0 Å². The van der Waals surface area contributed by atoms with Gasteiger partial charge in [0.05, 0.1) is 11.6 Å². The zero-order chi connectivity index (χ0) is 16.1. The van der Waals surface area contributed by atoms with Gasteiger partial charge in [-0.25, -0.2) is 0 Å². The Morgan fingerprint density at radius 3 is 2.36 bits per heavy atom. The number of carbonyl (C=O) groups is 3. The van der Waals surface area contributed by atoms with Gasteiger partial charge in [-0.15, -0.1) is 0 Å². The van der Waals surface area contributed by atoms with Crippen LogP contribution in [0.2, 0.25) is 0 Å². The number of nitriles is 1. The van der Waals surface area contributed by atoms with Gasteiger partial charge in [0.25, 0.3) is 0 Å². The third-order valence-corrected chi connectivity index (χ3v) is 3.46. The lowest BCUT2D eigenvalue weighted by Gasteiger charge is -2.33. The summed E-state index contributed by atoms with van der Waals surface area (Å²) in [5, 5.41) is 11.3. The average Bonchev–Trinajstić information content (AvgIpc) is 2.54. The zero-order valence-corrected chi connectivity index (χ0v) is 12.2. The van der Waals surface area contributed by atoms with Crippen molar-refractivity contribution in [2.45, 2.75) is 6.92 Å². The number of benzene rings is 1. The first kappa shape index (κ1) is 15.5. The van der Waals surface area contributed by atoms with Crippen LogP contribution in [-0.4, -0.2) is 53.7 Å². The fourth-order valence-electron chi connectivity index (χ4n) is 2.22. The summed E-state index contributed by atoms with van der Waals surface area (Å²) < 4.78 is 0. The lowest BCUT2D eigenvalue weighted by Crippen LogP contribution is -2.52. The van der Waals surface area contributed by atoms with Crippen molar-refractivity contribution in [2.24, 2.45) is 0 Å². The molecule has 0 aliphatic carbocycles. The minimum atomic E-state index is -0.744. The van der Waals surface area contributed by atoms with Gasteiger partial charge in [0.1, 0.15) is 0 Å². The van der Waals surface area contributed by atoms with Gasteiger partial charge >= 0.3 is 11.8 Å². The van der Waals surface area contributed by atoms with Crippen molar-refractivity contribution < 1.29 is 14.4 Å². The normalized spacial score (nSPS) is 14.2. The first-order valence-electron chi connectivity index (χ1n) is 6.87. The maximum Gasteiger partial charge on any atom is 0.313 e. The summed E-state index contributed by atoms with van der Waals surface area (Å²) in [4.78, 5) is 38.3. The number of carbonyl (C=O) groups excluding carboxylic acids is 3. The van der Waals surface area contributed by atoms with Crippen LogP contribution >= 0.6 is 0 Å². The number of hydrogen-bond donors (Lipinski definition) is 1. The highest BCUT2D eigenvalue weighted by Crippen LogP contribution is 2.10. The van der Waals surface area contributed by atoms with Crippen LogP contribution in [0, 0.1) is 11.3 Å². The van der Waals surface area contributed by atoms with Crippen molar-refractivity contribution in [1.29, 1.82) is 5.26 Å². The molecule has 1 fully saturated rings.